The lowest BCUT2D eigenvalue weighted by Crippen LogP contribution is -2.27. The Morgan fingerprint density at radius 3 is 2.91 bits per heavy atom. The van der Waals surface area contributed by atoms with Gasteiger partial charge in [-0.15, -0.1) is 0 Å². The zero-order valence-electron chi connectivity index (χ0n) is 12.7. The Kier molecular flexibility index (Phi) is 5.48. The molecule has 0 aliphatic carbocycles. The van der Waals surface area contributed by atoms with Crippen LogP contribution in [0.2, 0.25) is 0 Å². The molecule has 3 N–H and O–H groups in total. The monoisotopic (exact) mass is 304 g/mol. The van der Waals surface area contributed by atoms with Gasteiger partial charge < -0.3 is 20.3 Å². The molecule has 0 aliphatic rings. The fourth-order valence-corrected chi connectivity index (χ4v) is 2.02. The Morgan fingerprint density at radius 1 is 1.41 bits per heavy atom. The quantitative estimate of drug-likeness (QED) is 0.712. The maximum Gasteiger partial charge on any atom is 0.251 e. The summed E-state index contributed by atoms with van der Waals surface area (Å²) in [7, 11) is 0. The van der Waals surface area contributed by atoms with E-state index in [1.807, 2.05) is 19.9 Å². The summed E-state index contributed by atoms with van der Waals surface area (Å²) in [6, 6.07) is 5.44. The van der Waals surface area contributed by atoms with Gasteiger partial charge in [-0.3, -0.25) is 4.79 Å². The highest BCUT2D eigenvalue weighted by Crippen LogP contribution is 2.19. The van der Waals surface area contributed by atoms with Crippen molar-refractivity contribution >= 4 is 11.6 Å². The largest absolute Gasteiger partial charge is 0.395 e. The third-order valence-corrected chi connectivity index (χ3v) is 3.23. The van der Waals surface area contributed by atoms with Crippen molar-refractivity contribution in [2.24, 2.45) is 0 Å². The number of aromatic nitrogens is 2. The number of aliphatic hydroxyl groups is 1. The number of anilines is 1. The average molecular weight is 304 g/mol. The van der Waals surface area contributed by atoms with Crippen molar-refractivity contribution in [2.75, 3.05) is 18.5 Å². The molecule has 1 aromatic carbocycles. The number of hydrogen-bond donors (Lipinski definition) is 3. The van der Waals surface area contributed by atoms with E-state index in [0.29, 0.717) is 30.2 Å². The number of rotatable bonds is 7. The van der Waals surface area contributed by atoms with Gasteiger partial charge >= 0.3 is 0 Å². The highest BCUT2D eigenvalue weighted by atomic mass is 16.5. The Morgan fingerprint density at radius 2 is 2.23 bits per heavy atom. The average Bonchev–Trinajstić information content (AvgIpc) is 2.99. The molecule has 0 atom stereocenters. The van der Waals surface area contributed by atoms with Gasteiger partial charge in [0.15, 0.2) is 5.82 Å². The summed E-state index contributed by atoms with van der Waals surface area (Å²) in [4.78, 5) is 16.2. The summed E-state index contributed by atoms with van der Waals surface area (Å²) >= 11 is 0. The first-order valence-electron chi connectivity index (χ1n) is 7.19. The van der Waals surface area contributed by atoms with E-state index in [1.165, 1.54) is 0 Å². The maximum atomic E-state index is 12.0. The molecule has 0 saturated carbocycles. The zero-order chi connectivity index (χ0) is 15.9. The molecule has 1 aromatic heterocycles. The van der Waals surface area contributed by atoms with Crippen LogP contribution in [0.25, 0.3) is 0 Å². The summed E-state index contributed by atoms with van der Waals surface area (Å²) in [6.45, 7) is 4.39. The van der Waals surface area contributed by atoms with Gasteiger partial charge in [-0.2, -0.15) is 4.98 Å². The molecule has 7 heteroatoms. The van der Waals surface area contributed by atoms with Gasteiger partial charge in [-0.05, 0) is 24.6 Å². The van der Waals surface area contributed by atoms with Crippen LogP contribution >= 0.6 is 0 Å². The number of carbonyl (C=O) groups excluding carboxylic acids is 1. The van der Waals surface area contributed by atoms with Crippen LogP contribution in [0.5, 0.6) is 0 Å². The van der Waals surface area contributed by atoms with E-state index >= 15 is 0 Å². The highest BCUT2D eigenvalue weighted by Gasteiger charge is 2.12. The molecule has 22 heavy (non-hydrogen) atoms. The summed E-state index contributed by atoms with van der Waals surface area (Å²) in [5, 5.41) is 18.5. The number of benzene rings is 1. The Labute approximate surface area is 128 Å². The number of nitrogens with one attached hydrogen (secondary N) is 2. The molecular formula is C15H20N4O3. The molecule has 0 aliphatic heterocycles. The molecule has 1 amide bonds. The zero-order valence-corrected chi connectivity index (χ0v) is 12.7. The predicted molar refractivity (Wildman–Crippen MR) is 81.6 cm³/mol. The second-order valence-corrected chi connectivity index (χ2v) is 4.77. The molecule has 0 radical (unpaired) electrons. The van der Waals surface area contributed by atoms with E-state index < -0.39 is 0 Å². The SMILES string of the molecule is CCc1nc(CNc2cccc(C(=O)NCCO)c2C)no1. The highest BCUT2D eigenvalue weighted by molar-refractivity contribution is 5.97. The van der Waals surface area contributed by atoms with Crippen LogP contribution < -0.4 is 10.6 Å². The van der Waals surface area contributed by atoms with E-state index in [2.05, 4.69) is 20.8 Å². The topological polar surface area (TPSA) is 100 Å². The number of carbonyl (C=O) groups is 1. The van der Waals surface area contributed by atoms with Crippen molar-refractivity contribution in [1.29, 1.82) is 0 Å². The van der Waals surface area contributed by atoms with Crippen molar-refractivity contribution in [3.63, 3.8) is 0 Å². The third-order valence-electron chi connectivity index (χ3n) is 3.23. The lowest BCUT2D eigenvalue weighted by atomic mass is 10.1. The molecule has 0 unspecified atom stereocenters. The maximum absolute atomic E-state index is 12.0. The normalized spacial score (nSPS) is 10.5. The van der Waals surface area contributed by atoms with Gasteiger partial charge in [-0.1, -0.05) is 18.1 Å². The lowest BCUT2D eigenvalue weighted by molar-refractivity contribution is 0.0944. The van der Waals surface area contributed by atoms with Crippen molar-refractivity contribution in [3.05, 3.63) is 41.0 Å². The molecule has 2 aromatic rings. The minimum Gasteiger partial charge on any atom is -0.395 e. The molecule has 1 heterocycles. The number of aliphatic hydroxyl groups excluding tert-OH is 1. The number of nitrogens with zero attached hydrogens (tertiary/aromatic N) is 2. The van der Waals surface area contributed by atoms with Gasteiger partial charge in [0.1, 0.15) is 0 Å². The Hall–Kier alpha value is -2.41. The molecule has 7 nitrogen and oxygen atoms in total. The number of aryl methyl sites for hydroxylation is 1. The standard InChI is InChI=1S/C15H20N4O3/c1-3-14-18-13(19-22-14)9-17-12-6-4-5-11(10(12)2)15(21)16-7-8-20/h4-6,17,20H,3,7-9H2,1-2H3,(H,16,21). The van der Waals surface area contributed by atoms with Gasteiger partial charge in [-0.25, -0.2) is 0 Å². The van der Waals surface area contributed by atoms with Gasteiger partial charge in [0.25, 0.3) is 5.91 Å². The number of hydrogen-bond acceptors (Lipinski definition) is 6. The van der Waals surface area contributed by atoms with Crippen LogP contribution in [0.15, 0.2) is 22.7 Å². The molecule has 2 rings (SSSR count). The van der Waals surface area contributed by atoms with Crippen LogP contribution in [0.1, 0.15) is 34.6 Å². The van der Waals surface area contributed by atoms with Crippen molar-refractivity contribution in [2.45, 2.75) is 26.8 Å². The van der Waals surface area contributed by atoms with E-state index in [-0.39, 0.29) is 19.1 Å². The lowest BCUT2D eigenvalue weighted by Gasteiger charge is -2.12. The first kappa shape index (κ1) is 16.0. The predicted octanol–water partition coefficient (Wildman–Crippen LogP) is 1.27. The molecule has 0 saturated heterocycles. The van der Waals surface area contributed by atoms with E-state index in [9.17, 15) is 4.79 Å². The summed E-state index contributed by atoms with van der Waals surface area (Å²) in [5.74, 6) is 0.972. The fraction of sp³-hybridized carbons (Fsp3) is 0.400. The van der Waals surface area contributed by atoms with E-state index in [1.54, 1.807) is 12.1 Å². The van der Waals surface area contributed by atoms with Gasteiger partial charge in [0, 0.05) is 24.2 Å². The summed E-state index contributed by atoms with van der Waals surface area (Å²) < 4.78 is 5.05. The van der Waals surface area contributed by atoms with Crippen LogP contribution in [0.4, 0.5) is 5.69 Å². The summed E-state index contributed by atoms with van der Waals surface area (Å²) in [6.07, 6.45) is 0.701. The molecule has 0 bridgehead atoms. The van der Waals surface area contributed by atoms with Crippen molar-refractivity contribution in [3.8, 4) is 0 Å². The van der Waals surface area contributed by atoms with E-state index in [4.69, 9.17) is 9.63 Å². The first-order valence-corrected chi connectivity index (χ1v) is 7.19. The van der Waals surface area contributed by atoms with Crippen LogP contribution in [0, 0.1) is 6.92 Å². The number of amides is 1. The smallest absolute Gasteiger partial charge is 0.251 e. The van der Waals surface area contributed by atoms with Crippen LogP contribution in [-0.2, 0) is 13.0 Å². The molecular weight excluding hydrogens is 284 g/mol. The minimum absolute atomic E-state index is 0.0830. The Balaban J connectivity index is 2.06. The minimum atomic E-state index is -0.206. The van der Waals surface area contributed by atoms with Crippen molar-refractivity contribution in [1.82, 2.24) is 15.5 Å². The van der Waals surface area contributed by atoms with E-state index in [0.717, 1.165) is 11.3 Å². The van der Waals surface area contributed by atoms with Gasteiger partial charge in [0.05, 0.1) is 13.2 Å². The fourth-order valence-electron chi connectivity index (χ4n) is 2.02. The first-order chi connectivity index (χ1) is 10.7. The van der Waals surface area contributed by atoms with Gasteiger partial charge in [0.2, 0.25) is 5.89 Å². The molecule has 0 spiro atoms. The van der Waals surface area contributed by atoms with Crippen molar-refractivity contribution < 1.29 is 14.4 Å². The second kappa shape index (κ2) is 7.56. The molecule has 0 fully saturated rings. The third kappa shape index (κ3) is 3.82. The second-order valence-electron chi connectivity index (χ2n) is 4.77. The van der Waals surface area contributed by atoms with Crippen LogP contribution in [-0.4, -0.2) is 34.3 Å². The summed E-state index contributed by atoms with van der Waals surface area (Å²) in [5.41, 5.74) is 2.23. The Bertz CT molecular complexity index is 639. The van der Waals surface area contributed by atoms with Crippen LogP contribution in [0.3, 0.4) is 0 Å². The molecule has 118 valence electrons.